The predicted octanol–water partition coefficient (Wildman–Crippen LogP) is 2.49. The van der Waals surface area contributed by atoms with Gasteiger partial charge in [0.1, 0.15) is 5.82 Å². The number of hydrogen-bond donors (Lipinski definition) is 2. The van der Waals surface area contributed by atoms with Gasteiger partial charge in [0.2, 0.25) is 0 Å². The fraction of sp³-hybridized carbons (Fsp3) is 0.368. The van der Waals surface area contributed by atoms with Gasteiger partial charge >= 0.3 is 0 Å². The highest BCUT2D eigenvalue weighted by Gasteiger charge is 2.14. The number of ether oxygens (including phenoxy) is 1. The minimum absolute atomic E-state index is 0.329. The molecule has 24 heavy (non-hydrogen) atoms. The Morgan fingerprint density at radius 1 is 1.12 bits per heavy atom. The average molecular weight is 330 g/mol. The molecule has 2 aromatic rings. The second-order valence-corrected chi connectivity index (χ2v) is 5.93. The third kappa shape index (κ3) is 4.32. The van der Waals surface area contributed by atoms with E-state index in [4.69, 9.17) is 4.74 Å². The molecule has 0 aromatic heterocycles. The number of morpholine rings is 1. The first kappa shape index (κ1) is 16.9. The van der Waals surface area contributed by atoms with Crippen molar-refractivity contribution in [3.63, 3.8) is 0 Å². The van der Waals surface area contributed by atoms with Crippen LogP contribution < -0.4 is 10.2 Å². The highest BCUT2D eigenvalue weighted by molar-refractivity contribution is 5.53. The van der Waals surface area contributed by atoms with Gasteiger partial charge in [-0.1, -0.05) is 30.3 Å². The molecule has 0 aliphatic carbocycles. The molecule has 1 unspecified atom stereocenters. The zero-order valence-corrected chi connectivity index (χ0v) is 13.6. The number of anilines is 1. The van der Waals surface area contributed by atoms with Crippen LogP contribution in [-0.4, -0.2) is 38.0 Å². The molecule has 0 amide bonds. The lowest BCUT2D eigenvalue weighted by Crippen LogP contribution is -2.37. The van der Waals surface area contributed by atoms with Crippen LogP contribution in [0.5, 0.6) is 0 Å². The zero-order chi connectivity index (χ0) is 16.8. The average Bonchev–Trinajstić information content (AvgIpc) is 2.63. The van der Waals surface area contributed by atoms with E-state index in [2.05, 4.69) is 22.3 Å². The number of aliphatic hydroxyl groups is 1. The number of hydrogen-bond acceptors (Lipinski definition) is 4. The van der Waals surface area contributed by atoms with Gasteiger partial charge in [-0.15, -0.1) is 0 Å². The van der Waals surface area contributed by atoms with Crippen molar-refractivity contribution in [2.45, 2.75) is 12.6 Å². The molecule has 0 spiro atoms. The number of nitrogens with one attached hydrogen (secondary N) is 1. The summed E-state index contributed by atoms with van der Waals surface area (Å²) in [6.45, 7) is 4.31. The Morgan fingerprint density at radius 2 is 1.92 bits per heavy atom. The van der Waals surface area contributed by atoms with Crippen molar-refractivity contribution in [3.05, 3.63) is 65.5 Å². The lowest BCUT2D eigenvalue weighted by atomic mass is 10.1. The van der Waals surface area contributed by atoms with Crippen LogP contribution in [0, 0.1) is 5.82 Å². The summed E-state index contributed by atoms with van der Waals surface area (Å²) in [5, 5.41) is 13.5. The molecule has 2 aromatic carbocycles. The summed E-state index contributed by atoms with van der Waals surface area (Å²) in [6, 6.07) is 14.4. The van der Waals surface area contributed by atoms with Crippen molar-refractivity contribution in [2.75, 3.05) is 37.7 Å². The van der Waals surface area contributed by atoms with Crippen LogP contribution in [0.15, 0.2) is 48.5 Å². The Morgan fingerprint density at radius 3 is 2.71 bits per heavy atom. The molecule has 2 N–H and O–H groups in total. The third-order valence-electron chi connectivity index (χ3n) is 4.23. The number of rotatable bonds is 6. The van der Waals surface area contributed by atoms with E-state index in [1.165, 1.54) is 23.4 Å². The number of benzene rings is 2. The van der Waals surface area contributed by atoms with Gasteiger partial charge in [0.15, 0.2) is 0 Å². The smallest absolute Gasteiger partial charge is 0.123 e. The molecule has 1 atom stereocenters. The number of nitrogens with zero attached hydrogens (tertiary/aromatic N) is 1. The van der Waals surface area contributed by atoms with E-state index in [1.807, 2.05) is 12.1 Å². The summed E-state index contributed by atoms with van der Waals surface area (Å²) >= 11 is 0. The van der Waals surface area contributed by atoms with Gasteiger partial charge in [-0.25, -0.2) is 4.39 Å². The van der Waals surface area contributed by atoms with E-state index in [1.54, 1.807) is 12.1 Å². The summed E-state index contributed by atoms with van der Waals surface area (Å²) in [4.78, 5) is 2.32. The normalized spacial score (nSPS) is 16.2. The van der Waals surface area contributed by atoms with Crippen LogP contribution in [0.2, 0.25) is 0 Å². The van der Waals surface area contributed by atoms with Crippen molar-refractivity contribution in [3.8, 4) is 0 Å². The highest BCUT2D eigenvalue weighted by Crippen LogP contribution is 2.21. The Kier molecular flexibility index (Phi) is 5.80. The van der Waals surface area contributed by atoms with E-state index in [9.17, 15) is 9.50 Å². The van der Waals surface area contributed by atoms with E-state index < -0.39 is 6.10 Å². The molecule has 1 fully saturated rings. The minimum atomic E-state index is -0.726. The Bertz CT molecular complexity index is 659. The van der Waals surface area contributed by atoms with Crippen LogP contribution in [0.25, 0.3) is 0 Å². The summed E-state index contributed by atoms with van der Waals surface area (Å²) < 4.78 is 18.6. The molecule has 1 aliphatic rings. The first-order valence-corrected chi connectivity index (χ1v) is 8.29. The first-order chi connectivity index (χ1) is 11.7. The van der Waals surface area contributed by atoms with Crippen LogP contribution in [0.3, 0.4) is 0 Å². The van der Waals surface area contributed by atoms with Gasteiger partial charge in [0.05, 0.1) is 19.3 Å². The van der Waals surface area contributed by atoms with Gasteiger partial charge in [0.25, 0.3) is 0 Å². The molecule has 3 rings (SSSR count). The molecule has 128 valence electrons. The van der Waals surface area contributed by atoms with E-state index in [0.717, 1.165) is 26.3 Å². The largest absolute Gasteiger partial charge is 0.387 e. The number of para-hydroxylation sites is 1. The molecule has 0 radical (unpaired) electrons. The Labute approximate surface area is 141 Å². The minimum Gasteiger partial charge on any atom is -0.387 e. The van der Waals surface area contributed by atoms with Crippen molar-refractivity contribution in [2.24, 2.45) is 0 Å². The first-order valence-electron chi connectivity index (χ1n) is 8.29. The molecular formula is C19H23FN2O2. The quantitative estimate of drug-likeness (QED) is 0.854. The summed E-state index contributed by atoms with van der Waals surface area (Å²) in [5.74, 6) is -0.329. The molecule has 0 saturated carbocycles. The van der Waals surface area contributed by atoms with E-state index in [0.29, 0.717) is 18.7 Å². The second kappa shape index (κ2) is 8.24. The molecule has 1 heterocycles. The Hall–Kier alpha value is -1.95. The van der Waals surface area contributed by atoms with Crippen molar-refractivity contribution in [1.82, 2.24) is 5.32 Å². The molecule has 5 heteroatoms. The van der Waals surface area contributed by atoms with Crippen molar-refractivity contribution in [1.29, 1.82) is 0 Å². The number of halogens is 1. The highest BCUT2D eigenvalue weighted by atomic mass is 19.1. The third-order valence-corrected chi connectivity index (χ3v) is 4.23. The fourth-order valence-electron chi connectivity index (χ4n) is 2.95. The maximum absolute atomic E-state index is 13.2. The van der Waals surface area contributed by atoms with Crippen LogP contribution in [0.4, 0.5) is 10.1 Å². The predicted molar refractivity (Wildman–Crippen MR) is 92.5 cm³/mol. The molecule has 1 saturated heterocycles. The van der Waals surface area contributed by atoms with Crippen LogP contribution in [0.1, 0.15) is 17.2 Å². The van der Waals surface area contributed by atoms with E-state index in [-0.39, 0.29) is 5.82 Å². The zero-order valence-electron chi connectivity index (χ0n) is 13.6. The molecular weight excluding hydrogens is 307 g/mol. The topological polar surface area (TPSA) is 44.7 Å². The standard InChI is InChI=1S/C19H23FN2O2/c20-17-6-3-5-15(12-17)19(23)14-21-13-16-4-1-2-7-18(16)22-8-10-24-11-9-22/h1-7,12,19,21,23H,8-11,13-14H2. The summed E-state index contributed by atoms with van der Waals surface area (Å²) in [7, 11) is 0. The van der Waals surface area contributed by atoms with Crippen LogP contribution >= 0.6 is 0 Å². The van der Waals surface area contributed by atoms with Gasteiger partial charge < -0.3 is 20.1 Å². The summed E-state index contributed by atoms with van der Waals surface area (Å²) in [5.41, 5.74) is 2.98. The maximum atomic E-state index is 13.2. The maximum Gasteiger partial charge on any atom is 0.123 e. The molecule has 4 nitrogen and oxygen atoms in total. The molecule has 1 aliphatic heterocycles. The monoisotopic (exact) mass is 330 g/mol. The Balaban J connectivity index is 1.58. The van der Waals surface area contributed by atoms with Gasteiger partial charge in [0, 0.05) is 31.9 Å². The van der Waals surface area contributed by atoms with Gasteiger partial charge in [-0.3, -0.25) is 0 Å². The number of aliphatic hydroxyl groups excluding tert-OH is 1. The van der Waals surface area contributed by atoms with Crippen LogP contribution in [-0.2, 0) is 11.3 Å². The fourth-order valence-corrected chi connectivity index (χ4v) is 2.95. The van der Waals surface area contributed by atoms with E-state index >= 15 is 0 Å². The second-order valence-electron chi connectivity index (χ2n) is 5.93. The van der Waals surface area contributed by atoms with Gasteiger partial charge in [-0.2, -0.15) is 0 Å². The lowest BCUT2D eigenvalue weighted by molar-refractivity contribution is 0.122. The van der Waals surface area contributed by atoms with Gasteiger partial charge in [-0.05, 0) is 29.3 Å². The van der Waals surface area contributed by atoms with Crippen molar-refractivity contribution < 1.29 is 14.2 Å². The van der Waals surface area contributed by atoms with Crippen molar-refractivity contribution >= 4 is 5.69 Å². The lowest BCUT2D eigenvalue weighted by Gasteiger charge is -2.30. The SMILES string of the molecule is OC(CNCc1ccccc1N1CCOCC1)c1cccc(F)c1. The summed E-state index contributed by atoms with van der Waals surface area (Å²) in [6.07, 6.45) is -0.726. The molecule has 0 bridgehead atoms.